The molecule has 0 spiro atoms. The van der Waals surface area contributed by atoms with E-state index in [9.17, 15) is 5.11 Å². The number of benzene rings is 2. The van der Waals surface area contributed by atoms with Crippen molar-refractivity contribution in [2.75, 3.05) is 12.4 Å². The molecule has 0 saturated heterocycles. The Morgan fingerprint density at radius 1 is 1.05 bits per heavy atom. The fourth-order valence-electron chi connectivity index (χ4n) is 2.40. The van der Waals surface area contributed by atoms with E-state index in [2.05, 4.69) is 37.4 Å². The Morgan fingerprint density at radius 3 is 2.25 bits per heavy atom. The summed E-state index contributed by atoms with van der Waals surface area (Å²) in [5.41, 5.74) is 4.35. The molecule has 20 heavy (non-hydrogen) atoms. The first-order valence-electron chi connectivity index (χ1n) is 6.71. The number of anilines is 1. The van der Waals surface area contributed by atoms with Crippen molar-refractivity contribution >= 4 is 5.69 Å². The third-order valence-corrected chi connectivity index (χ3v) is 3.31. The summed E-state index contributed by atoms with van der Waals surface area (Å²) in [6, 6.07) is 11.7. The maximum Gasteiger partial charge on any atom is 0.124 e. The molecule has 2 aromatic carbocycles. The quantitative estimate of drug-likeness (QED) is 0.876. The number of phenolic OH excluding ortho intramolecular Hbond substituents is 1. The van der Waals surface area contributed by atoms with Crippen LogP contribution >= 0.6 is 0 Å². The molecule has 0 aliphatic carbocycles. The van der Waals surface area contributed by atoms with Crippen molar-refractivity contribution in [2.45, 2.75) is 26.8 Å². The lowest BCUT2D eigenvalue weighted by Gasteiger charge is -2.18. The molecule has 0 bridgehead atoms. The summed E-state index contributed by atoms with van der Waals surface area (Å²) in [5, 5.41) is 13.5. The second-order valence-electron chi connectivity index (χ2n) is 5.17. The molecule has 0 heterocycles. The number of methoxy groups -OCH3 is 1. The minimum atomic E-state index is 0.0158. The number of hydrogen-bond donors (Lipinski definition) is 2. The van der Waals surface area contributed by atoms with Gasteiger partial charge in [0.15, 0.2) is 0 Å². The lowest BCUT2D eigenvalue weighted by molar-refractivity contribution is 0.406. The predicted octanol–water partition coefficient (Wildman–Crippen LogP) is 4.19. The third-order valence-electron chi connectivity index (χ3n) is 3.31. The minimum absolute atomic E-state index is 0.0158. The fourth-order valence-corrected chi connectivity index (χ4v) is 2.40. The first kappa shape index (κ1) is 14.3. The van der Waals surface area contributed by atoms with E-state index in [1.54, 1.807) is 13.2 Å². The van der Waals surface area contributed by atoms with Crippen molar-refractivity contribution in [3.05, 3.63) is 53.1 Å². The molecule has 1 unspecified atom stereocenters. The molecule has 2 aromatic rings. The number of phenols is 1. The Bertz CT molecular complexity index is 588. The van der Waals surface area contributed by atoms with Crippen LogP contribution < -0.4 is 10.1 Å². The average Bonchev–Trinajstić information content (AvgIpc) is 2.36. The molecule has 0 aliphatic rings. The Hall–Kier alpha value is -2.16. The highest BCUT2D eigenvalue weighted by atomic mass is 16.5. The van der Waals surface area contributed by atoms with Crippen LogP contribution in [0.1, 0.15) is 29.7 Å². The highest BCUT2D eigenvalue weighted by molar-refractivity contribution is 5.51. The maximum absolute atomic E-state index is 10.1. The topological polar surface area (TPSA) is 41.5 Å². The van der Waals surface area contributed by atoms with Crippen molar-refractivity contribution in [2.24, 2.45) is 0 Å². The first-order valence-corrected chi connectivity index (χ1v) is 6.71. The summed E-state index contributed by atoms with van der Waals surface area (Å²) in [4.78, 5) is 0. The van der Waals surface area contributed by atoms with E-state index in [-0.39, 0.29) is 11.8 Å². The molecule has 0 amide bonds. The summed E-state index contributed by atoms with van der Waals surface area (Å²) < 4.78 is 5.10. The number of ether oxygens (including phenoxy) is 1. The lowest BCUT2D eigenvalue weighted by Crippen LogP contribution is -2.07. The van der Waals surface area contributed by atoms with E-state index in [0.717, 1.165) is 11.3 Å². The highest BCUT2D eigenvalue weighted by Gasteiger charge is 2.11. The summed E-state index contributed by atoms with van der Waals surface area (Å²) in [6.07, 6.45) is 0. The highest BCUT2D eigenvalue weighted by Crippen LogP contribution is 2.30. The van der Waals surface area contributed by atoms with Crippen molar-refractivity contribution in [1.82, 2.24) is 0 Å². The molecule has 3 heteroatoms. The fraction of sp³-hybridized carbons (Fsp3) is 0.294. The van der Waals surface area contributed by atoms with E-state index in [1.807, 2.05) is 19.1 Å². The number of aromatic hydroxyl groups is 1. The second kappa shape index (κ2) is 5.87. The zero-order chi connectivity index (χ0) is 14.7. The molecule has 106 valence electrons. The SMILES string of the molecule is COc1ccc(C(C)Nc2cc(C)cc(C)c2)c(O)c1. The van der Waals surface area contributed by atoms with Gasteiger partial charge in [-0.2, -0.15) is 0 Å². The van der Waals surface area contributed by atoms with E-state index in [4.69, 9.17) is 4.74 Å². The standard InChI is InChI=1S/C17H21NO2/c1-11-7-12(2)9-14(8-11)18-13(3)16-6-5-15(20-4)10-17(16)19/h5-10,13,18-19H,1-4H3. The van der Waals surface area contributed by atoms with Gasteiger partial charge in [0.05, 0.1) is 13.2 Å². The molecule has 0 saturated carbocycles. The van der Waals surface area contributed by atoms with Crippen LogP contribution in [0.3, 0.4) is 0 Å². The number of rotatable bonds is 4. The molecule has 2 N–H and O–H groups in total. The first-order chi connectivity index (χ1) is 9.49. The summed E-state index contributed by atoms with van der Waals surface area (Å²) in [7, 11) is 1.59. The van der Waals surface area contributed by atoms with Gasteiger partial charge in [-0.3, -0.25) is 0 Å². The van der Waals surface area contributed by atoms with E-state index >= 15 is 0 Å². The number of hydrogen-bond acceptors (Lipinski definition) is 3. The molecular weight excluding hydrogens is 250 g/mol. The second-order valence-corrected chi connectivity index (χ2v) is 5.17. The van der Waals surface area contributed by atoms with Crippen LogP contribution in [-0.4, -0.2) is 12.2 Å². The molecular formula is C17H21NO2. The normalized spacial score (nSPS) is 12.0. The van der Waals surface area contributed by atoms with E-state index < -0.39 is 0 Å². The summed E-state index contributed by atoms with van der Waals surface area (Å²) >= 11 is 0. The lowest BCUT2D eigenvalue weighted by atomic mass is 10.1. The predicted molar refractivity (Wildman–Crippen MR) is 82.6 cm³/mol. The molecule has 0 fully saturated rings. The van der Waals surface area contributed by atoms with Crippen LogP contribution in [0.15, 0.2) is 36.4 Å². The van der Waals surface area contributed by atoms with Gasteiger partial charge < -0.3 is 15.2 Å². The van der Waals surface area contributed by atoms with Gasteiger partial charge >= 0.3 is 0 Å². The molecule has 0 aromatic heterocycles. The van der Waals surface area contributed by atoms with Crippen molar-refractivity contribution in [3.8, 4) is 11.5 Å². The largest absolute Gasteiger partial charge is 0.507 e. The molecule has 3 nitrogen and oxygen atoms in total. The van der Waals surface area contributed by atoms with Gasteiger partial charge in [0.1, 0.15) is 11.5 Å². The van der Waals surface area contributed by atoms with Crippen LogP contribution in [0, 0.1) is 13.8 Å². The Kier molecular flexibility index (Phi) is 4.18. The van der Waals surface area contributed by atoms with Crippen LogP contribution in [-0.2, 0) is 0 Å². The molecule has 0 radical (unpaired) electrons. The third kappa shape index (κ3) is 3.23. The van der Waals surface area contributed by atoms with Gasteiger partial charge in [-0.15, -0.1) is 0 Å². The van der Waals surface area contributed by atoms with Gasteiger partial charge in [-0.1, -0.05) is 6.07 Å². The van der Waals surface area contributed by atoms with E-state index in [1.165, 1.54) is 11.1 Å². The van der Waals surface area contributed by atoms with Crippen molar-refractivity contribution < 1.29 is 9.84 Å². The van der Waals surface area contributed by atoms with Crippen molar-refractivity contribution in [1.29, 1.82) is 0 Å². The summed E-state index contributed by atoms with van der Waals surface area (Å²) in [5.74, 6) is 0.901. The Morgan fingerprint density at radius 2 is 1.70 bits per heavy atom. The Labute approximate surface area is 120 Å². The van der Waals surface area contributed by atoms with Crippen LogP contribution in [0.2, 0.25) is 0 Å². The smallest absolute Gasteiger partial charge is 0.124 e. The zero-order valence-electron chi connectivity index (χ0n) is 12.4. The van der Waals surface area contributed by atoms with E-state index in [0.29, 0.717) is 5.75 Å². The van der Waals surface area contributed by atoms with Crippen LogP contribution in [0.25, 0.3) is 0 Å². The van der Waals surface area contributed by atoms with Crippen LogP contribution in [0.5, 0.6) is 11.5 Å². The monoisotopic (exact) mass is 271 g/mol. The number of nitrogens with one attached hydrogen (secondary N) is 1. The summed E-state index contributed by atoms with van der Waals surface area (Å²) in [6.45, 7) is 6.18. The molecule has 0 aliphatic heterocycles. The molecule has 1 atom stereocenters. The number of aryl methyl sites for hydroxylation is 2. The van der Waals surface area contributed by atoms with Gasteiger partial charge in [0.2, 0.25) is 0 Å². The average molecular weight is 271 g/mol. The van der Waals surface area contributed by atoms with Gasteiger partial charge in [0, 0.05) is 17.3 Å². The zero-order valence-corrected chi connectivity index (χ0v) is 12.4. The Balaban J connectivity index is 2.21. The maximum atomic E-state index is 10.1. The van der Waals surface area contributed by atoms with Crippen molar-refractivity contribution in [3.63, 3.8) is 0 Å². The van der Waals surface area contributed by atoms with Gasteiger partial charge in [-0.25, -0.2) is 0 Å². The minimum Gasteiger partial charge on any atom is -0.507 e. The van der Waals surface area contributed by atoms with Gasteiger partial charge in [-0.05, 0) is 56.2 Å². The molecule has 2 rings (SSSR count). The van der Waals surface area contributed by atoms with Gasteiger partial charge in [0.25, 0.3) is 0 Å². The van der Waals surface area contributed by atoms with Crippen LogP contribution in [0.4, 0.5) is 5.69 Å².